The van der Waals surface area contributed by atoms with Crippen LogP contribution in [0.15, 0.2) is 4.99 Å². The Morgan fingerprint density at radius 3 is 3.11 bits per heavy atom. The number of aliphatic imine (C=N–C) groups is 1. The predicted octanol–water partition coefficient (Wildman–Crippen LogP) is 1.88. The summed E-state index contributed by atoms with van der Waals surface area (Å²) in [5.41, 5.74) is 0. The first-order chi connectivity index (χ1) is 4.45. The summed E-state index contributed by atoms with van der Waals surface area (Å²) < 4.78 is 0. The van der Waals surface area contributed by atoms with E-state index in [1.54, 1.807) is 0 Å². The van der Waals surface area contributed by atoms with Gasteiger partial charge in [-0.25, -0.2) is 0 Å². The standard InChI is InChI=1S/C8H13N/c1-2-7-4-8(3-1)6-9-5-7/h5,7-8H,1-4,6H2. The lowest BCUT2D eigenvalue weighted by Crippen LogP contribution is -2.22. The molecular weight excluding hydrogens is 110 g/mol. The van der Waals surface area contributed by atoms with Gasteiger partial charge in [0.25, 0.3) is 0 Å². The molecule has 1 aliphatic heterocycles. The quantitative estimate of drug-likeness (QED) is 0.466. The van der Waals surface area contributed by atoms with Crippen molar-refractivity contribution in [2.45, 2.75) is 25.7 Å². The Kier molecular flexibility index (Phi) is 1.29. The summed E-state index contributed by atoms with van der Waals surface area (Å²) in [6, 6.07) is 0. The molecule has 0 saturated heterocycles. The van der Waals surface area contributed by atoms with Crippen LogP contribution in [-0.2, 0) is 0 Å². The second-order valence-electron chi connectivity index (χ2n) is 3.31. The molecule has 50 valence electrons. The highest BCUT2D eigenvalue weighted by Gasteiger charge is 2.22. The molecule has 9 heavy (non-hydrogen) atoms. The maximum atomic E-state index is 4.34. The smallest absolute Gasteiger partial charge is 0.0413 e. The second-order valence-corrected chi connectivity index (χ2v) is 3.31. The van der Waals surface area contributed by atoms with Crippen molar-refractivity contribution in [3.05, 3.63) is 0 Å². The van der Waals surface area contributed by atoms with Gasteiger partial charge < -0.3 is 0 Å². The van der Waals surface area contributed by atoms with E-state index in [4.69, 9.17) is 0 Å². The second kappa shape index (κ2) is 2.13. The van der Waals surface area contributed by atoms with Gasteiger partial charge >= 0.3 is 0 Å². The van der Waals surface area contributed by atoms with Crippen LogP contribution >= 0.6 is 0 Å². The van der Waals surface area contributed by atoms with Crippen LogP contribution in [-0.4, -0.2) is 12.8 Å². The van der Waals surface area contributed by atoms with Crippen LogP contribution in [0, 0.1) is 11.8 Å². The molecule has 2 atom stereocenters. The molecule has 2 aliphatic rings. The van der Waals surface area contributed by atoms with Gasteiger partial charge in [-0.1, -0.05) is 6.42 Å². The average molecular weight is 123 g/mol. The zero-order valence-corrected chi connectivity index (χ0v) is 5.71. The lowest BCUT2D eigenvalue weighted by Gasteiger charge is -2.28. The minimum absolute atomic E-state index is 0.859. The fourth-order valence-electron chi connectivity index (χ4n) is 1.99. The van der Waals surface area contributed by atoms with Crippen LogP contribution in [0.3, 0.4) is 0 Å². The van der Waals surface area contributed by atoms with Gasteiger partial charge in [0.15, 0.2) is 0 Å². The molecule has 1 nitrogen and oxygen atoms in total. The van der Waals surface area contributed by atoms with E-state index >= 15 is 0 Å². The Balaban J connectivity index is 2.09. The van der Waals surface area contributed by atoms with Crippen molar-refractivity contribution in [2.75, 3.05) is 6.54 Å². The Bertz CT molecular complexity index is 129. The monoisotopic (exact) mass is 123 g/mol. The Labute approximate surface area is 56.2 Å². The molecular formula is C8H13N. The third kappa shape index (κ3) is 1.00. The van der Waals surface area contributed by atoms with Crippen molar-refractivity contribution in [1.29, 1.82) is 0 Å². The number of fused-ring (bicyclic) bond motifs is 2. The summed E-state index contributed by atoms with van der Waals surface area (Å²) in [4.78, 5) is 4.34. The largest absolute Gasteiger partial charge is 0.297 e. The summed E-state index contributed by atoms with van der Waals surface area (Å²) in [6.45, 7) is 1.12. The lowest BCUT2D eigenvalue weighted by molar-refractivity contribution is 0.314. The minimum atomic E-state index is 0.859. The highest BCUT2D eigenvalue weighted by Crippen LogP contribution is 2.30. The van der Waals surface area contributed by atoms with Crippen LogP contribution in [0.5, 0.6) is 0 Å². The van der Waals surface area contributed by atoms with E-state index in [-0.39, 0.29) is 0 Å². The molecule has 1 aliphatic carbocycles. The molecule has 2 rings (SSSR count). The van der Waals surface area contributed by atoms with E-state index < -0.39 is 0 Å². The fraction of sp³-hybridized carbons (Fsp3) is 0.875. The summed E-state index contributed by atoms with van der Waals surface area (Å²) in [7, 11) is 0. The normalized spacial score (nSPS) is 40.9. The van der Waals surface area contributed by atoms with Gasteiger partial charge in [0.05, 0.1) is 0 Å². The van der Waals surface area contributed by atoms with Crippen LogP contribution < -0.4 is 0 Å². The summed E-state index contributed by atoms with van der Waals surface area (Å²) >= 11 is 0. The third-order valence-electron chi connectivity index (χ3n) is 2.50. The number of nitrogens with zero attached hydrogens (tertiary/aromatic N) is 1. The molecule has 0 aromatic rings. The molecule has 0 spiro atoms. The van der Waals surface area contributed by atoms with Crippen molar-refractivity contribution in [2.24, 2.45) is 16.8 Å². The lowest BCUT2D eigenvalue weighted by atomic mass is 9.80. The molecule has 0 aromatic carbocycles. The van der Waals surface area contributed by atoms with Gasteiger partial charge in [-0.05, 0) is 31.1 Å². The van der Waals surface area contributed by atoms with Crippen LogP contribution in [0.4, 0.5) is 0 Å². The van der Waals surface area contributed by atoms with Crippen molar-refractivity contribution < 1.29 is 0 Å². The molecule has 0 aromatic heterocycles. The molecule has 2 bridgehead atoms. The first kappa shape index (κ1) is 5.45. The molecule has 2 unspecified atom stereocenters. The molecule has 1 heteroatoms. The summed E-state index contributed by atoms with van der Waals surface area (Å²) in [5, 5.41) is 0. The van der Waals surface area contributed by atoms with Crippen molar-refractivity contribution in [3.63, 3.8) is 0 Å². The van der Waals surface area contributed by atoms with E-state index in [9.17, 15) is 0 Å². The van der Waals surface area contributed by atoms with Gasteiger partial charge in [0.2, 0.25) is 0 Å². The Hall–Kier alpha value is -0.330. The Morgan fingerprint density at radius 2 is 2.33 bits per heavy atom. The SMILES string of the molecule is C1=NCC2CCCC1C2. The molecule has 1 heterocycles. The minimum Gasteiger partial charge on any atom is -0.297 e. The van der Waals surface area contributed by atoms with E-state index in [1.165, 1.54) is 25.7 Å². The van der Waals surface area contributed by atoms with Crippen LogP contribution in [0.2, 0.25) is 0 Å². The van der Waals surface area contributed by atoms with Crippen molar-refractivity contribution >= 4 is 6.21 Å². The molecule has 0 N–H and O–H groups in total. The van der Waals surface area contributed by atoms with E-state index in [0.29, 0.717) is 0 Å². The van der Waals surface area contributed by atoms with Gasteiger partial charge in [0, 0.05) is 12.8 Å². The topological polar surface area (TPSA) is 12.4 Å². The molecule has 1 fully saturated rings. The van der Waals surface area contributed by atoms with E-state index in [1.807, 2.05) is 0 Å². The maximum Gasteiger partial charge on any atom is 0.0413 e. The van der Waals surface area contributed by atoms with Crippen LogP contribution in [0.1, 0.15) is 25.7 Å². The van der Waals surface area contributed by atoms with Gasteiger partial charge in [-0.3, -0.25) is 4.99 Å². The first-order valence-electron chi connectivity index (χ1n) is 3.95. The van der Waals surface area contributed by atoms with Gasteiger partial charge in [-0.2, -0.15) is 0 Å². The number of rotatable bonds is 0. The highest BCUT2D eigenvalue weighted by molar-refractivity contribution is 5.61. The zero-order valence-electron chi connectivity index (χ0n) is 5.71. The van der Waals surface area contributed by atoms with E-state index in [2.05, 4.69) is 11.2 Å². The highest BCUT2D eigenvalue weighted by atomic mass is 14.7. The van der Waals surface area contributed by atoms with Crippen molar-refractivity contribution in [3.8, 4) is 0 Å². The first-order valence-corrected chi connectivity index (χ1v) is 3.95. The molecule has 1 saturated carbocycles. The fourth-order valence-corrected chi connectivity index (χ4v) is 1.99. The average Bonchev–Trinajstić information content (AvgIpc) is 1.88. The van der Waals surface area contributed by atoms with E-state index in [0.717, 1.165) is 18.4 Å². The number of hydrogen-bond donors (Lipinski definition) is 0. The van der Waals surface area contributed by atoms with Crippen LogP contribution in [0.25, 0.3) is 0 Å². The van der Waals surface area contributed by atoms with Gasteiger partial charge in [-0.15, -0.1) is 0 Å². The Morgan fingerprint density at radius 1 is 1.33 bits per heavy atom. The third-order valence-corrected chi connectivity index (χ3v) is 2.50. The molecule has 0 amide bonds. The van der Waals surface area contributed by atoms with Crippen molar-refractivity contribution in [1.82, 2.24) is 0 Å². The summed E-state index contributed by atoms with van der Waals surface area (Å²) in [6.07, 6.45) is 7.90. The molecule has 0 radical (unpaired) electrons. The predicted molar refractivity (Wildman–Crippen MR) is 38.8 cm³/mol. The summed E-state index contributed by atoms with van der Waals surface area (Å²) in [5.74, 6) is 1.81. The number of hydrogen-bond acceptors (Lipinski definition) is 1. The van der Waals surface area contributed by atoms with Gasteiger partial charge in [0.1, 0.15) is 0 Å². The zero-order chi connectivity index (χ0) is 6.10. The maximum absolute atomic E-state index is 4.34.